The van der Waals surface area contributed by atoms with Gasteiger partial charge in [-0.05, 0) is 82.7 Å². The number of amides is 1. The smallest absolute Gasteiger partial charge is 0.410 e. The third-order valence-electron chi connectivity index (χ3n) is 5.45. The SMILES string of the molecule is CC(C)(C)OC(=O)N1CCCCC1.Cc1cc(N)c([N+](=O)[O-])cc1-c1cc(C)c2ncnn2c1. The topological polar surface area (TPSA) is 129 Å². The molecule has 0 bridgehead atoms. The minimum atomic E-state index is -0.473. The van der Waals surface area contributed by atoms with E-state index in [9.17, 15) is 14.9 Å². The number of pyridine rings is 1. The number of nitro groups is 1. The number of carbonyl (C=O) groups is 1. The van der Waals surface area contributed by atoms with Crippen LogP contribution in [0.1, 0.15) is 51.2 Å². The Balaban J connectivity index is 0.000000215. The number of piperidine rings is 1. The number of nitrogen functional groups attached to an aromatic ring is 1. The molecule has 3 aromatic rings. The number of nitro benzene ring substituents is 1. The van der Waals surface area contributed by atoms with Crippen molar-refractivity contribution in [3.63, 3.8) is 0 Å². The number of carbonyl (C=O) groups excluding carboxylic acids is 1. The Morgan fingerprint density at radius 1 is 1.12 bits per heavy atom. The number of hydrogen-bond donors (Lipinski definition) is 1. The van der Waals surface area contributed by atoms with Crippen molar-refractivity contribution in [2.75, 3.05) is 18.8 Å². The number of rotatable bonds is 2. The van der Waals surface area contributed by atoms with Crippen molar-refractivity contribution in [1.82, 2.24) is 19.5 Å². The van der Waals surface area contributed by atoms with Gasteiger partial charge in [0.1, 0.15) is 17.6 Å². The first kappa shape index (κ1) is 24.9. The molecule has 0 aliphatic carbocycles. The summed E-state index contributed by atoms with van der Waals surface area (Å²) in [7, 11) is 0. The molecule has 1 aromatic carbocycles. The van der Waals surface area contributed by atoms with Crippen molar-refractivity contribution in [2.24, 2.45) is 0 Å². The van der Waals surface area contributed by atoms with Crippen LogP contribution in [0.15, 0.2) is 30.7 Å². The van der Waals surface area contributed by atoms with Gasteiger partial charge in [-0.1, -0.05) is 0 Å². The molecular formula is C24H32N6O4. The van der Waals surface area contributed by atoms with E-state index < -0.39 is 4.92 Å². The van der Waals surface area contributed by atoms with E-state index in [0.29, 0.717) is 0 Å². The third-order valence-corrected chi connectivity index (χ3v) is 5.45. The van der Waals surface area contributed by atoms with Crippen molar-refractivity contribution in [2.45, 2.75) is 59.5 Å². The summed E-state index contributed by atoms with van der Waals surface area (Å²) in [4.78, 5) is 28.1. The zero-order chi connectivity index (χ0) is 25.0. The van der Waals surface area contributed by atoms with Crippen molar-refractivity contribution < 1.29 is 14.5 Å². The van der Waals surface area contributed by atoms with Gasteiger partial charge in [0.2, 0.25) is 0 Å². The molecule has 0 unspecified atom stereocenters. The fourth-order valence-electron chi connectivity index (χ4n) is 3.83. The van der Waals surface area contributed by atoms with E-state index in [1.165, 1.54) is 18.8 Å². The van der Waals surface area contributed by atoms with Crippen LogP contribution in [0.5, 0.6) is 0 Å². The molecule has 0 saturated carbocycles. The largest absolute Gasteiger partial charge is 0.444 e. The Kier molecular flexibility index (Phi) is 7.38. The number of benzene rings is 1. The molecule has 182 valence electrons. The number of likely N-dealkylation sites (tertiary alicyclic amines) is 1. The summed E-state index contributed by atoms with van der Waals surface area (Å²) in [5, 5.41) is 15.2. The van der Waals surface area contributed by atoms with Gasteiger partial charge >= 0.3 is 6.09 Å². The first-order chi connectivity index (χ1) is 16.0. The van der Waals surface area contributed by atoms with Crippen molar-refractivity contribution >= 4 is 23.1 Å². The Labute approximate surface area is 198 Å². The summed E-state index contributed by atoms with van der Waals surface area (Å²) in [6.45, 7) is 11.2. The normalized spacial score (nSPS) is 13.9. The predicted octanol–water partition coefficient (Wildman–Crippen LogP) is 4.91. The van der Waals surface area contributed by atoms with Gasteiger partial charge in [-0.3, -0.25) is 10.1 Å². The van der Waals surface area contributed by atoms with E-state index >= 15 is 0 Å². The minimum absolute atomic E-state index is 0.0908. The summed E-state index contributed by atoms with van der Waals surface area (Å²) in [5.74, 6) is 0. The zero-order valence-corrected chi connectivity index (χ0v) is 20.4. The number of nitrogens with zero attached hydrogens (tertiary/aromatic N) is 5. The average Bonchev–Trinajstić information content (AvgIpc) is 3.23. The van der Waals surface area contributed by atoms with Gasteiger partial charge in [0.15, 0.2) is 5.65 Å². The van der Waals surface area contributed by atoms with Gasteiger partial charge in [-0.15, -0.1) is 0 Å². The molecule has 4 rings (SSSR count). The number of aryl methyl sites for hydroxylation is 2. The number of fused-ring (bicyclic) bond motifs is 1. The van der Waals surface area contributed by atoms with Crippen LogP contribution in [0.3, 0.4) is 0 Å². The lowest BCUT2D eigenvalue weighted by Gasteiger charge is -2.29. The minimum Gasteiger partial charge on any atom is -0.444 e. The lowest BCUT2D eigenvalue weighted by atomic mass is 9.99. The molecule has 10 heteroatoms. The van der Waals surface area contributed by atoms with Crippen molar-refractivity contribution in [3.8, 4) is 11.1 Å². The summed E-state index contributed by atoms with van der Waals surface area (Å²) in [6.07, 6.45) is 6.58. The molecule has 0 radical (unpaired) electrons. The molecule has 10 nitrogen and oxygen atoms in total. The first-order valence-electron chi connectivity index (χ1n) is 11.3. The molecule has 2 N–H and O–H groups in total. The summed E-state index contributed by atoms with van der Waals surface area (Å²) >= 11 is 0. The van der Waals surface area contributed by atoms with Gasteiger partial charge in [0.25, 0.3) is 5.69 Å². The van der Waals surface area contributed by atoms with Crippen molar-refractivity contribution in [3.05, 3.63) is 52.0 Å². The maximum atomic E-state index is 11.5. The fraction of sp³-hybridized carbons (Fsp3) is 0.458. The highest BCUT2D eigenvalue weighted by molar-refractivity contribution is 5.76. The highest BCUT2D eigenvalue weighted by Crippen LogP contribution is 2.32. The van der Waals surface area contributed by atoms with Crippen LogP contribution in [-0.4, -0.2) is 49.2 Å². The molecule has 1 fully saturated rings. The van der Waals surface area contributed by atoms with Gasteiger partial charge in [-0.2, -0.15) is 5.10 Å². The molecule has 1 aliphatic rings. The standard InChI is InChI=1S/C14H13N5O2.C10H19NO2/c1-8-4-12(15)13(19(20)21)5-11(8)10-3-9(2)14-16-7-17-18(14)6-10;1-10(2,3)13-9(12)11-7-5-4-6-8-11/h3-7H,15H2,1-2H3;4-8H2,1-3H3. The monoisotopic (exact) mass is 468 g/mol. The lowest BCUT2D eigenvalue weighted by Crippen LogP contribution is -2.39. The molecule has 0 spiro atoms. The third kappa shape index (κ3) is 6.00. The number of aromatic nitrogens is 3. The fourth-order valence-corrected chi connectivity index (χ4v) is 3.83. The van der Waals surface area contributed by atoms with Crippen LogP contribution in [0.4, 0.5) is 16.2 Å². The second-order valence-corrected chi connectivity index (χ2v) is 9.45. The second-order valence-electron chi connectivity index (χ2n) is 9.45. The number of ether oxygens (including phenoxy) is 1. The molecule has 1 aliphatic heterocycles. The van der Waals surface area contributed by atoms with Crippen LogP contribution in [-0.2, 0) is 4.74 Å². The number of hydrogen-bond acceptors (Lipinski definition) is 7. The predicted molar refractivity (Wildman–Crippen MR) is 131 cm³/mol. The molecule has 2 aromatic heterocycles. The van der Waals surface area contributed by atoms with Gasteiger partial charge in [0.05, 0.1) is 4.92 Å². The second kappa shape index (κ2) is 10.1. The van der Waals surface area contributed by atoms with E-state index in [0.717, 1.165) is 53.8 Å². The summed E-state index contributed by atoms with van der Waals surface area (Å²) in [6, 6.07) is 5.06. The summed E-state index contributed by atoms with van der Waals surface area (Å²) < 4.78 is 6.92. The molecule has 3 heterocycles. The molecule has 0 atom stereocenters. The van der Waals surface area contributed by atoms with Crippen LogP contribution in [0, 0.1) is 24.0 Å². The molecular weight excluding hydrogens is 436 g/mol. The first-order valence-corrected chi connectivity index (χ1v) is 11.3. The van der Waals surface area contributed by atoms with E-state index in [1.807, 2.05) is 40.7 Å². The van der Waals surface area contributed by atoms with Gasteiger partial charge < -0.3 is 15.4 Å². The molecule has 1 amide bonds. The van der Waals surface area contributed by atoms with Gasteiger partial charge in [-0.25, -0.2) is 14.3 Å². The number of nitrogens with two attached hydrogens (primary N) is 1. The Bertz CT molecular complexity index is 1190. The van der Waals surface area contributed by atoms with E-state index in [1.54, 1.807) is 21.7 Å². The van der Waals surface area contributed by atoms with Crippen molar-refractivity contribution in [1.29, 1.82) is 0 Å². The Morgan fingerprint density at radius 2 is 1.79 bits per heavy atom. The van der Waals surface area contributed by atoms with Crippen LogP contribution in [0.2, 0.25) is 0 Å². The van der Waals surface area contributed by atoms with Crippen LogP contribution >= 0.6 is 0 Å². The van der Waals surface area contributed by atoms with E-state index in [-0.39, 0.29) is 23.1 Å². The molecule has 34 heavy (non-hydrogen) atoms. The quantitative estimate of drug-likeness (QED) is 0.321. The maximum absolute atomic E-state index is 11.5. The van der Waals surface area contributed by atoms with Gasteiger partial charge in [0, 0.05) is 30.9 Å². The zero-order valence-electron chi connectivity index (χ0n) is 20.4. The highest BCUT2D eigenvalue weighted by atomic mass is 16.6. The van der Waals surface area contributed by atoms with Crippen LogP contribution < -0.4 is 5.73 Å². The van der Waals surface area contributed by atoms with E-state index in [2.05, 4.69) is 10.1 Å². The summed E-state index contributed by atoms with van der Waals surface area (Å²) in [5.41, 5.74) is 9.60. The van der Waals surface area contributed by atoms with E-state index in [4.69, 9.17) is 10.5 Å². The maximum Gasteiger partial charge on any atom is 0.410 e. The Morgan fingerprint density at radius 3 is 2.41 bits per heavy atom. The average molecular weight is 469 g/mol. The number of anilines is 1. The lowest BCUT2D eigenvalue weighted by molar-refractivity contribution is -0.383. The van der Waals surface area contributed by atoms with Crippen LogP contribution in [0.25, 0.3) is 16.8 Å². The molecule has 1 saturated heterocycles. The highest BCUT2D eigenvalue weighted by Gasteiger charge is 2.23. The Hall–Kier alpha value is -3.69.